The molecular weight excluding hydrogens is 355 g/mol. The second-order valence-corrected chi connectivity index (χ2v) is 4.94. The lowest BCUT2D eigenvalue weighted by Gasteiger charge is -2.21. The summed E-state index contributed by atoms with van der Waals surface area (Å²) >= 11 is 0. The zero-order valence-corrected chi connectivity index (χ0v) is 13.1. The predicted molar refractivity (Wildman–Crippen MR) is 73.7 cm³/mol. The number of hydrogen-bond donors (Lipinski definition) is 0. The van der Waals surface area contributed by atoms with Gasteiger partial charge in [-0.2, -0.15) is 13.2 Å². The lowest BCUT2D eigenvalue weighted by molar-refractivity contribution is -0.142. The topological polar surface area (TPSA) is 68.5 Å². The molecule has 0 N–H and O–H groups in total. The highest BCUT2D eigenvalue weighted by Gasteiger charge is 2.45. The maximum atomic E-state index is 13.3. The van der Waals surface area contributed by atoms with Crippen molar-refractivity contribution >= 4 is 17.6 Å². The van der Waals surface area contributed by atoms with Gasteiger partial charge in [-0.3, -0.25) is 0 Å². The van der Waals surface area contributed by atoms with E-state index in [-0.39, 0.29) is 19.7 Å². The van der Waals surface area contributed by atoms with Crippen LogP contribution in [0.3, 0.4) is 0 Å². The fourth-order valence-corrected chi connectivity index (χ4v) is 2.24. The number of ether oxygens (including phenoxy) is 2. The summed E-state index contributed by atoms with van der Waals surface area (Å²) < 4.78 is 75.5. The van der Waals surface area contributed by atoms with Crippen molar-refractivity contribution in [1.82, 2.24) is 4.98 Å². The molecule has 11 heteroatoms. The molecule has 1 saturated heterocycles. The number of rotatable bonds is 5. The van der Waals surface area contributed by atoms with Crippen LogP contribution in [-0.2, 0) is 15.7 Å². The number of hydrogen-bond acceptors (Lipinski definition) is 6. The lowest BCUT2D eigenvalue weighted by Crippen LogP contribution is -2.24. The van der Waals surface area contributed by atoms with E-state index in [0.717, 1.165) is 7.11 Å². The molecular formula is C14H13F5N2O4. The average Bonchev–Trinajstić information content (AvgIpc) is 3.35. The van der Waals surface area contributed by atoms with E-state index in [1.54, 1.807) is 0 Å². The van der Waals surface area contributed by atoms with E-state index < -0.39 is 52.7 Å². The Hall–Kier alpha value is -2.46. The smallest absolute Gasteiger partial charge is 0.434 e. The zero-order valence-electron chi connectivity index (χ0n) is 13.1. The first-order valence-corrected chi connectivity index (χ1v) is 7.07. The first kappa shape index (κ1) is 18.9. The molecule has 138 valence electrons. The molecule has 6 nitrogen and oxygen atoms in total. The molecule has 0 spiro atoms. The monoisotopic (exact) mass is 368 g/mol. The number of halogens is 5. The van der Waals surface area contributed by atoms with Gasteiger partial charge in [-0.15, -0.1) is 0 Å². The van der Waals surface area contributed by atoms with Crippen LogP contribution in [0.5, 0.6) is 0 Å². The van der Waals surface area contributed by atoms with E-state index in [0.29, 0.717) is 0 Å². The van der Waals surface area contributed by atoms with Crippen LogP contribution >= 0.6 is 0 Å². The predicted octanol–water partition coefficient (Wildman–Crippen LogP) is 2.82. The minimum Gasteiger partial charge on any atom is -0.465 e. The summed E-state index contributed by atoms with van der Waals surface area (Å²) in [5.74, 6) is -2.72. The summed E-state index contributed by atoms with van der Waals surface area (Å²) in [5.41, 5.74) is -5.75. The van der Waals surface area contributed by atoms with Crippen molar-refractivity contribution in [2.75, 3.05) is 31.7 Å². The highest BCUT2D eigenvalue weighted by Crippen LogP contribution is 2.42. The number of nitrogens with zero attached hydrogens (tertiary/aromatic N) is 2. The van der Waals surface area contributed by atoms with E-state index in [4.69, 9.17) is 0 Å². The lowest BCUT2D eigenvalue weighted by atomic mass is 10.0. The van der Waals surface area contributed by atoms with E-state index in [9.17, 15) is 31.5 Å². The Morgan fingerprint density at radius 1 is 1.20 bits per heavy atom. The van der Waals surface area contributed by atoms with E-state index in [1.807, 2.05) is 0 Å². The molecule has 2 heterocycles. The number of anilines is 1. The highest BCUT2D eigenvalue weighted by atomic mass is 19.4. The first-order valence-electron chi connectivity index (χ1n) is 7.07. The van der Waals surface area contributed by atoms with Crippen molar-refractivity contribution in [3.05, 3.63) is 22.5 Å². The largest absolute Gasteiger partial charge is 0.465 e. The summed E-state index contributed by atoms with van der Waals surface area (Å²) in [7, 11) is 0.880. The third kappa shape index (κ3) is 3.64. The summed E-state index contributed by atoms with van der Waals surface area (Å²) in [5, 5.41) is 0. The van der Waals surface area contributed by atoms with Gasteiger partial charge in [-0.05, 0) is 6.92 Å². The SMILES string of the molecule is CCOC(=O)c1c(C(F)(F)F)nc(C(F)F)c(C(=O)OC)c1N1CC1. The van der Waals surface area contributed by atoms with Crippen molar-refractivity contribution < 1.29 is 41.0 Å². The van der Waals surface area contributed by atoms with Gasteiger partial charge < -0.3 is 14.4 Å². The molecule has 0 aromatic carbocycles. The van der Waals surface area contributed by atoms with Crippen molar-refractivity contribution in [3.63, 3.8) is 0 Å². The summed E-state index contributed by atoms with van der Waals surface area (Å²) in [4.78, 5) is 28.1. The van der Waals surface area contributed by atoms with Gasteiger partial charge in [0.1, 0.15) is 16.8 Å². The molecule has 1 fully saturated rings. The number of methoxy groups -OCH3 is 1. The number of carbonyl (C=O) groups is 2. The Kier molecular flexibility index (Phi) is 5.14. The molecule has 0 unspecified atom stereocenters. The van der Waals surface area contributed by atoms with Gasteiger partial charge in [-0.1, -0.05) is 0 Å². The highest BCUT2D eigenvalue weighted by molar-refractivity contribution is 6.06. The Morgan fingerprint density at radius 2 is 1.80 bits per heavy atom. The molecule has 1 aromatic heterocycles. The minimum atomic E-state index is -5.20. The fraction of sp³-hybridized carbons (Fsp3) is 0.500. The quantitative estimate of drug-likeness (QED) is 0.452. The average molecular weight is 368 g/mol. The van der Waals surface area contributed by atoms with Crippen LogP contribution in [0.2, 0.25) is 0 Å². The van der Waals surface area contributed by atoms with Gasteiger partial charge >= 0.3 is 18.1 Å². The maximum Gasteiger partial charge on any atom is 0.434 e. The fourth-order valence-electron chi connectivity index (χ4n) is 2.24. The van der Waals surface area contributed by atoms with Crippen LogP contribution in [0.4, 0.5) is 27.6 Å². The van der Waals surface area contributed by atoms with E-state index >= 15 is 0 Å². The Morgan fingerprint density at radius 3 is 2.20 bits per heavy atom. The Bertz CT molecular complexity index is 701. The first-order chi connectivity index (χ1) is 11.6. The molecule has 0 aliphatic carbocycles. The number of carbonyl (C=O) groups excluding carboxylic acids is 2. The summed E-state index contributed by atoms with van der Waals surface area (Å²) in [6.07, 6.45) is -8.68. The van der Waals surface area contributed by atoms with E-state index in [1.165, 1.54) is 11.8 Å². The van der Waals surface area contributed by atoms with Crippen molar-refractivity contribution in [2.24, 2.45) is 0 Å². The van der Waals surface area contributed by atoms with Crippen LogP contribution in [0.25, 0.3) is 0 Å². The van der Waals surface area contributed by atoms with Crippen molar-refractivity contribution in [1.29, 1.82) is 0 Å². The summed E-state index contributed by atoms with van der Waals surface area (Å²) in [6.45, 7) is 1.48. The second kappa shape index (κ2) is 6.81. The molecule has 25 heavy (non-hydrogen) atoms. The Labute approximate surface area is 138 Å². The molecule has 0 radical (unpaired) electrons. The van der Waals surface area contributed by atoms with E-state index in [2.05, 4.69) is 14.5 Å². The molecule has 1 aliphatic rings. The van der Waals surface area contributed by atoms with Crippen molar-refractivity contribution in [2.45, 2.75) is 19.5 Å². The van der Waals surface area contributed by atoms with Gasteiger partial charge in [0.25, 0.3) is 6.43 Å². The molecule has 2 rings (SSSR count). The van der Waals surface area contributed by atoms with Crippen molar-refractivity contribution in [3.8, 4) is 0 Å². The third-order valence-electron chi connectivity index (χ3n) is 3.31. The molecule has 0 amide bonds. The Balaban J connectivity index is 2.91. The number of aromatic nitrogens is 1. The van der Waals surface area contributed by atoms with Crippen LogP contribution < -0.4 is 4.90 Å². The van der Waals surface area contributed by atoms with Crippen LogP contribution in [0.1, 0.15) is 45.5 Å². The van der Waals surface area contributed by atoms with Gasteiger partial charge in [0.15, 0.2) is 5.69 Å². The van der Waals surface area contributed by atoms with Crippen LogP contribution in [0.15, 0.2) is 0 Å². The molecule has 1 aromatic rings. The molecule has 0 atom stereocenters. The zero-order chi connectivity index (χ0) is 18.9. The van der Waals surface area contributed by atoms with Gasteiger partial charge in [-0.25, -0.2) is 23.4 Å². The number of esters is 2. The molecule has 1 aliphatic heterocycles. The summed E-state index contributed by atoms with van der Waals surface area (Å²) in [6, 6.07) is 0. The van der Waals surface area contributed by atoms with Crippen LogP contribution in [-0.4, -0.2) is 43.7 Å². The maximum absolute atomic E-state index is 13.3. The van der Waals surface area contributed by atoms with Gasteiger partial charge in [0.2, 0.25) is 0 Å². The van der Waals surface area contributed by atoms with Gasteiger partial charge in [0.05, 0.1) is 19.4 Å². The normalized spacial score (nSPS) is 13.8. The third-order valence-corrected chi connectivity index (χ3v) is 3.31. The minimum absolute atomic E-state index is 0.181. The molecule has 0 saturated carbocycles. The van der Waals surface area contributed by atoms with Crippen LogP contribution in [0, 0.1) is 0 Å². The molecule has 0 bridgehead atoms. The van der Waals surface area contributed by atoms with Gasteiger partial charge in [0, 0.05) is 13.1 Å². The standard InChI is InChI=1S/C14H13F5N2O4/c1-3-25-13(23)7-9(21-4-5-21)6(12(22)24-2)8(11(15)16)20-10(7)14(17,18)19/h11H,3-5H2,1-2H3. The number of pyridine rings is 1. The number of alkyl halides is 5. The second-order valence-electron chi connectivity index (χ2n) is 4.94.